The minimum atomic E-state index is -0.120. The van der Waals surface area contributed by atoms with E-state index >= 15 is 0 Å². The second-order valence-electron chi connectivity index (χ2n) is 6.87. The molecular formula is C22H28N6O2. The van der Waals surface area contributed by atoms with Crippen molar-refractivity contribution >= 4 is 11.7 Å². The van der Waals surface area contributed by atoms with Gasteiger partial charge in [-0.25, -0.2) is 14.6 Å². The van der Waals surface area contributed by atoms with E-state index in [1.807, 2.05) is 37.4 Å². The molecular weight excluding hydrogens is 380 g/mol. The Morgan fingerprint density at radius 2 is 1.97 bits per heavy atom. The fourth-order valence-electron chi connectivity index (χ4n) is 2.88. The van der Waals surface area contributed by atoms with Gasteiger partial charge in [-0.1, -0.05) is 19.8 Å². The first-order valence-corrected chi connectivity index (χ1v) is 10.3. The number of unbranched alkanes of at least 4 members (excludes halogenated alkanes) is 2. The average Bonchev–Trinajstić information content (AvgIpc) is 3.29. The molecule has 0 aliphatic carbocycles. The molecule has 3 aromatic rings. The van der Waals surface area contributed by atoms with Crippen molar-refractivity contribution in [2.45, 2.75) is 33.1 Å². The zero-order valence-corrected chi connectivity index (χ0v) is 17.5. The van der Waals surface area contributed by atoms with E-state index in [-0.39, 0.29) is 5.91 Å². The van der Waals surface area contributed by atoms with Crippen LogP contribution in [0.4, 0.5) is 5.82 Å². The van der Waals surface area contributed by atoms with Gasteiger partial charge in [0, 0.05) is 37.1 Å². The molecule has 158 valence electrons. The maximum atomic E-state index is 12.3. The Morgan fingerprint density at radius 3 is 2.70 bits per heavy atom. The lowest BCUT2D eigenvalue weighted by molar-refractivity contribution is 0.0955. The number of aryl methyl sites for hydroxylation is 1. The van der Waals surface area contributed by atoms with Gasteiger partial charge in [0.05, 0.1) is 6.61 Å². The molecule has 1 aromatic carbocycles. The van der Waals surface area contributed by atoms with Gasteiger partial charge in [0.2, 0.25) is 0 Å². The van der Waals surface area contributed by atoms with Crippen molar-refractivity contribution in [1.82, 2.24) is 25.1 Å². The van der Waals surface area contributed by atoms with E-state index in [9.17, 15) is 4.79 Å². The maximum Gasteiger partial charge on any atom is 0.251 e. The third-order valence-corrected chi connectivity index (χ3v) is 4.41. The van der Waals surface area contributed by atoms with E-state index < -0.39 is 0 Å². The molecule has 0 saturated carbocycles. The predicted octanol–water partition coefficient (Wildman–Crippen LogP) is 3.38. The van der Waals surface area contributed by atoms with E-state index in [2.05, 4.69) is 32.6 Å². The van der Waals surface area contributed by atoms with E-state index in [1.165, 1.54) is 6.42 Å². The van der Waals surface area contributed by atoms with Crippen molar-refractivity contribution in [3.05, 3.63) is 60.2 Å². The standard InChI is InChI=1S/C22H28N6O2/c1-3-4-5-15-30-19-9-7-18(8-10-19)22(29)24-13-12-23-20-16-21(27-17(2)26-20)28-14-6-11-25-28/h6-11,14,16H,3-5,12-13,15H2,1-2H3,(H,24,29)(H,23,26,27). The van der Waals surface area contributed by atoms with Gasteiger partial charge in [-0.3, -0.25) is 4.79 Å². The van der Waals surface area contributed by atoms with Crippen molar-refractivity contribution in [2.75, 3.05) is 25.0 Å². The van der Waals surface area contributed by atoms with Gasteiger partial charge >= 0.3 is 0 Å². The second-order valence-corrected chi connectivity index (χ2v) is 6.87. The van der Waals surface area contributed by atoms with Crippen molar-refractivity contribution in [3.8, 4) is 11.6 Å². The lowest BCUT2D eigenvalue weighted by Gasteiger charge is -2.10. The molecule has 0 aliphatic heterocycles. The lowest BCUT2D eigenvalue weighted by atomic mass is 10.2. The Bertz CT molecular complexity index is 925. The minimum absolute atomic E-state index is 0.120. The number of anilines is 1. The van der Waals surface area contributed by atoms with Crippen molar-refractivity contribution in [2.24, 2.45) is 0 Å². The zero-order chi connectivity index (χ0) is 21.2. The molecule has 2 heterocycles. The number of rotatable bonds is 11. The number of ether oxygens (including phenoxy) is 1. The van der Waals surface area contributed by atoms with Gasteiger partial charge < -0.3 is 15.4 Å². The summed E-state index contributed by atoms with van der Waals surface area (Å²) in [6.45, 7) is 5.70. The molecule has 0 bridgehead atoms. The summed E-state index contributed by atoms with van der Waals surface area (Å²) in [7, 11) is 0. The van der Waals surface area contributed by atoms with Crippen LogP contribution in [0.5, 0.6) is 5.75 Å². The Balaban J connectivity index is 1.44. The molecule has 2 N–H and O–H groups in total. The highest BCUT2D eigenvalue weighted by Gasteiger charge is 2.07. The van der Waals surface area contributed by atoms with Crippen LogP contribution in [0.1, 0.15) is 42.4 Å². The SMILES string of the molecule is CCCCCOc1ccc(C(=O)NCCNc2cc(-n3cccn3)nc(C)n2)cc1. The molecule has 3 rings (SSSR count). The van der Waals surface area contributed by atoms with Crippen molar-refractivity contribution in [1.29, 1.82) is 0 Å². The van der Waals surface area contributed by atoms with Crippen LogP contribution in [0.3, 0.4) is 0 Å². The molecule has 0 spiro atoms. The quantitative estimate of drug-likeness (QED) is 0.473. The molecule has 30 heavy (non-hydrogen) atoms. The van der Waals surface area contributed by atoms with E-state index in [0.29, 0.717) is 42.7 Å². The fourth-order valence-corrected chi connectivity index (χ4v) is 2.88. The maximum absolute atomic E-state index is 12.3. The molecule has 8 heteroatoms. The highest BCUT2D eigenvalue weighted by atomic mass is 16.5. The molecule has 0 saturated heterocycles. The van der Waals surface area contributed by atoms with Gasteiger partial charge in [0.15, 0.2) is 5.82 Å². The van der Waals surface area contributed by atoms with E-state index in [4.69, 9.17) is 4.74 Å². The van der Waals surface area contributed by atoms with Gasteiger partial charge in [-0.2, -0.15) is 5.10 Å². The minimum Gasteiger partial charge on any atom is -0.494 e. The summed E-state index contributed by atoms with van der Waals surface area (Å²) in [6, 6.07) is 10.9. The van der Waals surface area contributed by atoms with Crippen LogP contribution >= 0.6 is 0 Å². The number of nitrogens with one attached hydrogen (secondary N) is 2. The van der Waals surface area contributed by atoms with Gasteiger partial charge in [0.25, 0.3) is 5.91 Å². The van der Waals surface area contributed by atoms with Crippen LogP contribution in [0.2, 0.25) is 0 Å². The third kappa shape index (κ3) is 6.30. The number of aromatic nitrogens is 4. The summed E-state index contributed by atoms with van der Waals surface area (Å²) in [5, 5.41) is 10.3. The number of carbonyl (C=O) groups excluding carboxylic acids is 1. The van der Waals surface area contributed by atoms with E-state index in [1.54, 1.807) is 23.0 Å². The first kappa shape index (κ1) is 21.3. The highest BCUT2D eigenvalue weighted by molar-refractivity contribution is 5.94. The normalized spacial score (nSPS) is 10.6. The van der Waals surface area contributed by atoms with Crippen LogP contribution in [-0.4, -0.2) is 45.4 Å². The third-order valence-electron chi connectivity index (χ3n) is 4.41. The summed E-state index contributed by atoms with van der Waals surface area (Å²) in [5.41, 5.74) is 0.606. The summed E-state index contributed by atoms with van der Waals surface area (Å²) in [5.74, 6) is 2.69. The Labute approximate surface area is 176 Å². The van der Waals surface area contributed by atoms with Crippen LogP contribution in [0.25, 0.3) is 5.82 Å². The summed E-state index contributed by atoms with van der Waals surface area (Å²) in [6.07, 6.45) is 6.90. The van der Waals surface area contributed by atoms with Crippen molar-refractivity contribution < 1.29 is 9.53 Å². The molecule has 1 amide bonds. The van der Waals surface area contributed by atoms with Gasteiger partial charge in [-0.05, 0) is 43.7 Å². The number of carbonyl (C=O) groups is 1. The van der Waals surface area contributed by atoms with Gasteiger partial charge in [-0.15, -0.1) is 0 Å². The van der Waals surface area contributed by atoms with Crippen LogP contribution in [0.15, 0.2) is 48.8 Å². The fraction of sp³-hybridized carbons (Fsp3) is 0.364. The number of nitrogens with zero attached hydrogens (tertiary/aromatic N) is 4. The molecule has 0 atom stereocenters. The summed E-state index contributed by atoms with van der Waals surface area (Å²) < 4.78 is 7.36. The topological polar surface area (TPSA) is 94.0 Å². The Kier molecular flexibility index (Phi) is 7.77. The first-order valence-electron chi connectivity index (χ1n) is 10.3. The van der Waals surface area contributed by atoms with E-state index in [0.717, 1.165) is 18.6 Å². The smallest absolute Gasteiger partial charge is 0.251 e. The van der Waals surface area contributed by atoms with Crippen LogP contribution < -0.4 is 15.4 Å². The predicted molar refractivity (Wildman–Crippen MR) is 116 cm³/mol. The molecule has 0 radical (unpaired) electrons. The lowest BCUT2D eigenvalue weighted by Crippen LogP contribution is -2.29. The first-order chi connectivity index (χ1) is 14.7. The number of hydrogen-bond acceptors (Lipinski definition) is 6. The largest absolute Gasteiger partial charge is 0.494 e. The highest BCUT2D eigenvalue weighted by Crippen LogP contribution is 2.13. The number of hydrogen-bond donors (Lipinski definition) is 2. The van der Waals surface area contributed by atoms with Crippen LogP contribution in [0, 0.1) is 6.92 Å². The second kappa shape index (κ2) is 10.9. The Hall–Kier alpha value is -3.42. The molecule has 2 aromatic heterocycles. The number of amides is 1. The zero-order valence-electron chi connectivity index (χ0n) is 17.5. The molecule has 0 aliphatic rings. The number of benzene rings is 1. The summed E-state index contributed by atoms with van der Waals surface area (Å²) in [4.78, 5) is 21.1. The van der Waals surface area contributed by atoms with Gasteiger partial charge in [0.1, 0.15) is 17.4 Å². The molecule has 0 fully saturated rings. The molecule has 8 nitrogen and oxygen atoms in total. The monoisotopic (exact) mass is 408 g/mol. The van der Waals surface area contributed by atoms with Crippen LogP contribution in [-0.2, 0) is 0 Å². The van der Waals surface area contributed by atoms with Crippen molar-refractivity contribution in [3.63, 3.8) is 0 Å². The molecule has 0 unspecified atom stereocenters. The average molecular weight is 409 g/mol. The Morgan fingerprint density at radius 1 is 1.13 bits per heavy atom. The summed E-state index contributed by atoms with van der Waals surface area (Å²) >= 11 is 0.